The molecule has 0 unspecified atom stereocenters. The normalized spacial score (nSPS) is 12.3. The minimum Gasteiger partial charge on any atom is -0.457 e. The van der Waals surface area contributed by atoms with Gasteiger partial charge >= 0.3 is 0 Å². The second kappa shape index (κ2) is 5.72. The van der Waals surface area contributed by atoms with E-state index in [-0.39, 0.29) is 11.9 Å². The maximum atomic E-state index is 13.3. The van der Waals surface area contributed by atoms with Crippen LogP contribution in [-0.2, 0) is 0 Å². The summed E-state index contributed by atoms with van der Waals surface area (Å²) >= 11 is 3.40. The molecule has 0 bridgehead atoms. The summed E-state index contributed by atoms with van der Waals surface area (Å²) in [6.45, 7) is 3.76. The fourth-order valence-corrected chi connectivity index (χ4v) is 2.29. The molecule has 4 heteroatoms. The van der Waals surface area contributed by atoms with Crippen molar-refractivity contribution >= 4 is 15.9 Å². The molecule has 0 saturated carbocycles. The highest BCUT2D eigenvalue weighted by Gasteiger charge is 2.11. The van der Waals surface area contributed by atoms with Gasteiger partial charge in [-0.3, -0.25) is 0 Å². The van der Waals surface area contributed by atoms with Crippen molar-refractivity contribution in [2.75, 3.05) is 0 Å². The first kappa shape index (κ1) is 14.0. The van der Waals surface area contributed by atoms with Gasteiger partial charge in [0.05, 0.1) is 0 Å². The zero-order valence-corrected chi connectivity index (χ0v) is 12.4. The van der Waals surface area contributed by atoms with Crippen LogP contribution in [0, 0.1) is 12.7 Å². The van der Waals surface area contributed by atoms with E-state index in [4.69, 9.17) is 10.5 Å². The molecule has 0 aromatic heterocycles. The van der Waals surface area contributed by atoms with Gasteiger partial charge in [0, 0.05) is 16.1 Å². The standard InChI is InChI=1S/C15H15BrFNO/c1-9-7-11(16)3-5-14(9)19-15-6-4-12(17)8-13(15)10(2)18/h3-8,10H,18H2,1-2H3/t10-/m1/s1. The van der Waals surface area contributed by atoms with Crippen molar-refractivity contribution in [2.45, 2.75) is 19.9 Å². The Morgan fingerprint density at radius 1 is 1.16 bits per heavy atom. The minimum absolute atomic E-state index is 0.290. The first-order chi connectivity index (χ1) is 8.97. The Labute approximate surface area is 120 Å². The molecule has 19 heavy (non-hydrogen) atoms. The number of halogens is 2. The Morgan fingerprint density at radius 3 is 2.47 bits per heavy atom. The van der Waals surface area contributed by atoms with Crippen LogP contribution in [0.5, 0.6) is 11.5 Å². The van der Waals surface area contributed by atoms with E-state index in [2.05, 4.69) is 15.9 Å². The van der Waals surface area contributed by atoms with Crippen LogP contribution in [0.1, 0.15) is 24.1 Å². The minimum atomic E-state index is -0.313. The highest BCUT2D eigenvalue weighted by Crippen LogP contribution is 2.32. The van der Waals surface area contributed by atoms with E-state index in [1.54, 1.807) is 13.0 Å². The lowest BCUT2D eigenvalue weighted by molar-refractivity contribution is 0.465. The molecule has 0 aliphatic carbocycles. The predicted octanol–water partition coefficient (Wildman–Crippen LogP) is 4.71. The zero-order chi connectivity index (χ0) is 14.0. The van der Waals surface area contributed by atoms with E-state index >= 15 is 0 Å². The predicted molar refractivity (Wildman–Crippen MR) is 78.0 cm³/mol. The number of ether oxygens (including phenoxy) is 1. The summed E-state index contributed by atoms with van der Waals surface area (Å²) < 4.78 is 20.1. The lowest BCUT2D eigenvalue weighted by atomic mass is 10.1. The molecule has 0 aliphatic heterocycles. The lowest BCUT2D eigenvalue weighted by Gasteiger charge is -2.15. The fourth-order valence-electron chi connectivity index (χ4n) is 1.81. The number of hydrogen-bond acceptors (Lipinski definition) is 2. The Bertz CT molecular complexity index is 599. The molecule has 100 valence electrons. The summed E-state index contributed by atoms with van der Waals surface area (Å²) in [5.41, 5.74) is 7.49. The first-order valence-corrected chi connectivity index (χ1v) is 6.75. The number of rotatable bonds is 3. The van der Waals surface area contributed by atoms with Crippen molar-refractivity contribution in [1.82, 2.24) is 0 Å². The lowest BCUT2D eigenvalue weighted by Crippen LogP contribution is -2.07. The molecular weight excluding hydrogens is 309 g/mol. The van der Waals surface area contributed by atoms with Crippen LogP contribution >= 0.6 is 15.9 Å². The van der Waals surface area contributed by atoms with E-state index in [9.17, 15) is 4.39 Å². The Hall–Kier alpha value is -1.39. The molecule has 0 heterocycles. The molecule has 0 radical (unpaired) electrons. The topological polar surface area (TPSA) is 35.2 Å². The molecular formula is C15H15BrFNO. The molecule has 0 spiro atoms. The maximum Gasteiger partial charge on any atom is 0.132 e. The van der Waals surface area contributed by atoms with E-state index in [0.717, 1.165) is 15.8 Å². The summed E-state index contributed by atoms with van der Waals surface area (Å²) in [5.74, 6) is 1.01. The average Bonchev–Trinajstić information content (AvgIpc) is 2.34. The van der Waals surface area contributed by atoms with Crippen LogP contribution in [0.3, 0.4) is 0 Å². The monoisotopic (exact) mass is 323 g/mol. The summed E-state index contributed by atoms with van der Waals surface area (Å²) in [5, 5.41) is 0. The van der Waals surface area contributed by atoms with Gasteiger partial charge in [-0.2, -0.15) is 0 Å². The second-order valence-corrected chi connectivity index (χ2v) is 5.40. The molecule has 0 aliphatic rings. The number of nitrogens with two attached hydrogens (primary N) is 1. The Balaban J connectivity index is 2.38. The number of benzene rings is 2. The van der Waals surface area contributed by atoms with Gasteiger partial charge < -0.3 is 10.5 Å². The fraction of sp³-hybridized carbons (Fsp3) is 0.200. The second-order valence-electron chi connectivity index (χ2n) is 4.48. The third-order valence-electron chi connectivity index (χ3n) is 2.82. The highest BCUT2D eigenvalue weighted by molar-refractivity contribution is 9.10. The highest BCUT2D eigenvalue weighted by atomic mass is 79.9. The first-order valence-electron chi connectivity index (χ1n) is 5.96. The molecule has 2 aromatic carbocycles. The van der Waals surface area contributed by atoms with E-state index < -0.39 is 0 Å². The van der Waals surface area contributed by atoms with Crippen molar-refractivity contribution in [3.63, 3.8) is 0 Å². The van der Waals surface area contributed by atoms with E-state index in [0.29, 0.717) is 11.3 Å². The van der Waals surface area contributed by atoms with Crippen LogP contribution in [0.4, 0.5) is 4.39 Å². The van der Waals surface area contributed by atoms with Crippen LogP contribution in [0.25, 0.3) is 0 Å². The molecule has 2 nitrogen and oxygen atoms in total. The quantitative estimate of drug-likeness (QED) is 0.887. The van der Waals surface area contributed by atoms with Crippen LogP contribution in [0.2, 0.25) is 0 Å². The van der Waals surface area contributed by atoms with Crippen LogP contribution < -0.4 is 10.5 Å². The van der Waals surface area contributed by atoms with Gasteiger partial charge in [-0.25, -0.2) is 4.39 Å². The largest absolute Gasteiger partial charge is 0.457 e. The number of hydrogen-bond donors (Lipinski definition) is 1. The van der Waals surface area contributed by atoms with Gasteiger partial charge in [-0.05, 0) is 55.8 Å². The zero-order valence-electron chi connectivity index (χ0n) is 10.8. The van der Waals surface area contributed by atoms with Gasteiger partial charge in [-0.15, -0.1) is 0 Å². The summed E-state index contributed by atoms with van der Waals surface area (Å²) in [6, 6.07) is 9.83. The summed E-state index contributed by atoms with van der Waals surface area (Å²) in [6.07, 6.45) is 0. The van der Waals surface area contributed by atoms with Crippen LogP contribution in [0.15, 0.2) is 40.9 Å². The summed E-state index contributed by atoms with van der Waals surface area (Å²) in [4.78, 5) is 0. The van der Waals surface area contributed by atoms with Crippen molar-refractivity contribution in [2.24, 2.45) is 5.73 Å². The molecule has 2 N–H and O–H groups in total. The molecule has 0 fully saturated rings. The van der Waals surface area contributed by atoms with E-state index in [1.807, 2.05) is 25.1 Å². The molecule has 0 saturated heterocycles. The van der Waals surface area contributed by atoms with Gasteiger partial charge in [0.1, 0.15) is 17.3 Å². The van der Waals surface area contributed by atoms with Crippen LogP contribution in [-0.4, -0.2) is 0 Å². The maximum absolute atomic E-state index is 13.3. The van der Waals surface area contributed by atoms with Crippen molar-refractivity contribution in [1.29, 1.82) is 0 Å². The van der Waals surface area contributed by atoms with Gasteiger partial charge in [-0.1, -0.05) is 15.9 Å². The number of aryl methyl sites for hydroxylation is 1. The van der Waals surface area contributed by atoms with Gasteiger partial charge in [0.2, 0.25) is 0 Å². The third-order valence-corrected chi connectivity index (χ3v) is 3.31. The molecule has 2 aromatic rings. The van der Waals surface area contributed by atoms with Crippen molar-refractivity contribution < 1.29 is 9.13 Å². The molecule has 0 amide bonds. The molecule has 2 rings (SSSR count). The molecule has 1 atom stereocenters. The van der Waals surface area contributed by atoms with Gasteiger partial charge in [0.25, 0.3) is 0 Å². The Morgan fingerprint density at radius 2 is 1.84 bits per heavy atom. The average molecular weight is 324 g/mol. The third kappa shape index (κ3) is 3.33. The SMILES string of the molecule is Cc1cc(Br)ccc1Oc1ccc(F)cc1[C@@H](C)N. The van der Waals surface area contributed by atoms with Crippen molar-refractivity contribution in [3.8, 4) is 11.5 Å². The van der Waals surface area contributed by atoms with E-state index in [1.165, 1.54) is 12.1 Å². The van der Waals surface area contributed by atoms with Crippen molar-refractivity contribution in [3.05, 3.63) is 57.8 Å². The summed E-state index contributed by atoms with van der Waals surface area (Å²) in [7, 11) is 0. The smallest absolute Gasteiger partial charge is 0.132 e. The van der Waals surface area contributed by atoms with Gasteiger partial charge in [0.15, 0.2) is 0 Å². The Kier molecular flexibility index (Phi) is 4.22.